The molecular formula is C25H33N3O3. The Labute approximate surface area is 184 Å². The lowest BCUT2D eigenvalue weighted by molar-refractivity contribution is -0.134. The van der Waals surface area contributed by atoms with E-state index in [9.17, 15) is 14.4 Å². The minimum absolute atomic E-state index is 0.0763. The Hall–Kier alpha value is -2.63. The van der Waals surface area contributed by atoms with Crippen molar-refractivity contribution in [3.8, 4) is 0 Å². The fraction of sp³-hybridized carbons (Fsp3) is 0.560. The maximum Gasteiger partial charge on any atom is 0.248 e. The Morgan fingerprint density at radius 1 is 0.903 bits per heavy atom. The number of rotatable bonds is 6. The van der Waals surface area contributed by atoms with Gasteiger partial charge in [-0.3, -0.25) is 25.2 Å². The van der Waals surface area contributed by atoms with E-state index in [0.29, 0.717) is 12.1 Å². The molecule has 4 fully saturated rings. The van der Waals surface area contributed by atoms with E-state index in [1.54, 1.807) is 24.3 Å². The van der Waals surface area contributed by atoms with E-state index in [1.165, 1.54) is 44.6 Å². The van der Waals surface area contributed by atoms with Crippen molar-refractivity contribution in [3.05, 3.63) is 41.5 Å². The van der Waals surface area contributed by atoms with Crippen LogP contribution < -0.4 is 16.2 Å². The molecule has 166 valence electrons. The summed E-state index contributed by atoms with van der Waals surface area (Å²) < 4.78 is 0. The van der Waals surface area contributed by atoms with E-state index >= 15 is 0 Å². The van der Waals surface area contributed by atoms with Crippen molar-refractivity contribution in [1.29, 1.82) is 0 Å². The second-order valence-electron chi connectivity index (χ2n) is 10.3. The van der Waals surface area contributed by atoms with Crippen molar-refractivity contribution < 1.29 is 14.4 Å². The third-order valence-electron chi connectivity index (χ3n) is 7.05. The summed E-state index contributed by atoms with van der Waals surface area (Å²) in [4.78, 5) is 36.6. The monoisotopic (exact) mass is 423 g/mol. The summed E-state index contributed by atoms with van der Waals surface area (Å²) in [7, 11) is 0. The molecule has 1 aromatic rings. The molecule has 4 aliphatic rings. The standard InChI is InChI=1S/C25H33N3O3/c1-16(2)7-22(29)26-21-5-3-17(4-6-21)11-23(30)27-28-24(31)15-25-12-18-8-19(13-25)10-20(9-18)14-25/h3-7,18-20H,8-15H2,1-2H3,(H,26,29)(H,27,30)(H,28,31). The van der Waals surface area contributed by atoms with Gasteiger partial charge in [0, 0.05) is 18.2 Å². The molecule has 0 saturated heterocycles. The summed E-state index contributed by atoms with van der Waals surface area (Å²) in [5.41, 5.74) is 7.78. The highest BCUT2D eigenvalue weighted by Gasteiger charge is 2.51. The van der Waals surface area contributed by atoms with Crippen LogP contribution in [0, 0.1) is 23.2 Å². The summed E-state index contributed by atoms with van der Waals surface area (Å²) in [6.07, 6.45) is 9.83. The van der Waals surface area contributed by atoms with Gasteiger partial charge in [0.1, 0.15) is 0 Å². The van der Waals surface area contributed by atoms with Crippen LogP contribution in [0.1, 0.15) is 64.4 Å². The fourth-order valence-corrected chi connectivity index (χ4v) is 6.41. The van der Waals surface area contributed by atoms with Crippen LogP contribution in [-0.4, -0.2) is 17.7 Å². The molecule has 3 N–H and O–H groups in total. The van der Waals surface area contributed by atoms with Gasteiger partial charge in [-0.1, -0.05) is 17.7 Å². The van der Waals surface area contributed by atoms with Gasteiger partial charge in [-0.25, -0.2) is 0 Å². The minimum atomic E-state index is -0.250. The average molecular weight is 424 g/mol. The molecule has 0 atom stereocenters. The Balaban J connectivity index is 1.22. The van der Waals surface area contributed by atoms with Gasteiger partial charge in [0.05, 0.1) is 6.42 Å². The van der Waals surface area contributed by atoms with E-state index in [1.807, 2.05) is 13.8 Å². The van der Waals surface area contributed by atoms with Crippen LogP contribution in [-0.2, 0) is 20.8 Å². The zero-order chi connectivity index (χ0) is 22.0. The molecular weight excluding hydrogens is 390 g/mol. The van der Waals surface area contributed by atoms with Crippen molar-refractivity contribution in [3.63, 3.8) is 0 Å². The number of hydrazine groups is 1. The van der Waals surface area contributed by atoms with Crippen LogP contribution in [0.25, 0.3) is 0 Å². The van der Waals surface area contributed by atoms with Gasteiger partial charge in [0.25, 0.3) is 0 Å². The minimum Gasteiger partial charge on any atom is -0.323 e. The number of carbonyl (C=O) groups excluding carboxylic acids is 3. The lowest BCUT2D eigenvalue weighted by Crippen LogP contribution is -2.50. The second kappa shape index (κ2) is 8.85. The Morgan fingerprint density at radius 3 is 2.00 bits per heavy atom. The molecule has 0 radical (unpaired) electrons. The number of carbonyl (C=O) groups is 3. The van der Waals surface area contributed by atoms with E-state index in [-0.39, 0.29) is 29.6 Å². The maximum absolute atomic E-state index is 12.5. The van der Waals surface area contributed by atoms with Gasteiger partial charge >= 0.3 is 0 Å². The SMILES string of the molecule is CC(C)=CC(=O)Nc1ccc(CC(=O)NNC(=O)CC23CC4CC(CC(C4)C2)C3)cc1. The molecule has 6 heteroatoms. The molecule has 0 aromatic heterocycles. The van der Waals surface area contributed by atoms with Gasteiger partial charge in [-0.15, -0.1) is 0 Å². The predicted octanol–water partition coefficient (Wildman–Crippen LogP) is 3.89. The van der Waals surface area contributed by atoms with Gasteiger partial charge in [-0.2, -0.15) is 0 Å². The molecule has 0 unspecified atom stereocenters. The van der Waals surface area contributed by atoms with Crippen LogP contribution in [0.3, 0.4) is 0 Å². The number of hydrogen-bond acceptors (Lipinski definition) is 3. The summed E-state index contributed by atoms with van der Waals surface area (Å²) in [6.45, 7) is 3.73. The first-order valence-corrected chi connectivity index (χ1v) is 11.4. The summed E-state index contributed by atoms with van der Waals surface area (Å²) in [6, 6.07) is 7.14. The topological polar surface area (TPSA) is 87.3 Å². The molecule has 1 aromatic carbocycles. The van der Waals surface area contributed by atoms with Gasteiger partial charge in [0.15, 0.2) is 0 Å². The third-order valence-corrected chi connectivity index (χ3v) is 7.05. The number of hydrogen-bond donors (Lipinski definition) is 3. The summed E-state index contributed by atoms with van der Waals surface area (Å²) in [5, 5.41) is 2.78. The molecule has 3 amide bonds. The van der Waals surface area contributed by atoms with Crippen LogP contribution in [0.2, 0.25) is 0 Å². The number of anilines is 1. The first-order chi connectivity index (χ1) is 14.8. The molecule has 4 saturated carbocycles. The highest BCUT2D eigenvalue weighted by molar-refractivity contribution is 5.99. The molecule has 4 aliphatic carbocycles. The van der Waals surface area contributed by atoms with E-state index in [2.05, 4.69) is 16.2 Å². The van der Waals surface area contributed by atoms with Gasteiger partial charge in [0.2, 0.25) is 17.7 Å². The lowest BCUT2D eigenvalue weighted by Gasteiger charge is -2.56. The van der Waals surface area contributed by atoms with E-state index < -0.39 is 0 Å². The van der Waals surface area contributed by atoms with Crippen LogP contribution in [0.15, 0.2) is 35.9 Å². The predicted molar refractivity (Wildman–Crippen MR) is 120 cm³/mol. The van der Waals surface area contributed by atoms with Crippen molar-refractivity contribution in [2.75, 3.05) is 5.32 Å². The van der Waals surface area contributed by atoms with Gasteiger partial charge in [-0.05, 0) is 93.2 Å². The normalized spacial score (nSPS) is 28.0. The van der Waals surface area contributed by atoms with Crippen LogP contribution in [0.4, 0.5) is 5.69 Å². The zero-order valence-corrected chi connectivity index (χ0v) is 18.5. The average Bonchev–Trinajstić information content (AvgIpc) is 2.66. The quantitative estimate of drug-likeness (QED) is 0.479. The summed E-state index contributed by atoms with van der Waals surface area (Å²) >= 11 is 0. The smallest absolute Gasteiger partial charge is 0.248 e. The summed E-state index contributed by atoms with van der Waals surface area (Å²) in [5.74, 6) is 1.93. The zero-order valence-electron chi connectivity index (χ0n) is 18.5. The van der Waals surface area contributed by atoms with Gasteiger partial charge < -0.3 is 5.32 Å². The lowest BCUT2D eigenvalue weighted by atomic mass is 9.49. The molecule has 5 rings (SSSR count). The first-order valence-electron chi connectivity index (χ1n) is 11.4. The highest BCUT2D eigenvalue weighted by Crippen LogP contribution is 2.61. The molecule has 6 nitrogen and oxygen atoms in total. The highest BCUT2D eigenvalue weighted by atomic mass is 16.2. The number of amides is 3. The molecule has 31 heavy (non-hydrogen) atoms. The maximum atomic E-state index is 12.5. The Kier molecular flexibility index (Phi) is 6.17. The Morgan fingerprint density at radius 2 is 1.45 bits per heavy atom. The van der Waals surface area contributed by atoms with Crippen molar-refractivity contribution in [1.82, 2.24) is 10.9 Å². The van der Waals surface area contributed by atoms with Crippen molar-refractivity contribution in [2.45, 2.75) is 65.2 Å². The number of benzene rings is 1. The molecule has 0 aliphatic heterocycles. The van der Waals surface area contributed by atoms with Crippen molar-refractivity contribution >= 4 is 23.4 Å². The molecule has 4 bridgehead atoms. The van der Waals surface area contributed by atoms with Crippen molar-refractivity contribution in [2.24, 2.45) is 23.2 Å². The van der Waals surface area contributed by atoms with Crippen LogP contribution >= 0.6 is 0 Å². The van der Waals surface area contributed by atoms with Crippen LogP contribution in [0.5, 0.6) is 0 Å². The fourth-order valence-electron chi connectivity index (χ4n) is 6.41. The molecule has 0 spiro atoms. The second-order valence-corrected chi connectivity index (χ2v) is 10.3. The number of allylic oxidation sites excluding steroid dienone is 1. The Bertz CT molecular complexity index is 848. The van der Waals surface area contributed by atoms with E-state index in [4.69, 9.17) is 0 Å². The number of nitrogens with one attached hydrogen (secondary N) is 3. The largest absolute Gasteiger partial charge is 0.323 e. The first kappa shape index (κ1) is 21.6. The van der Waals surface area contributed by atoms with E-state index in [0.717, 1.165) is 28.9 Å². The third kappa shape index (κ3) is 5.54. The molecule has 0 heterocycles.